The van der Waals surface area contributed by atoms with E-state index in [0.717, 1.165) is 28.9 Å². The number of hydrogen-bond donors (Lipinski definition) is 1. The third-order valence-electron chi connectivity index (χ3n) is 4.92. The van der Waals surface area contributed by atoms with Crippen molar-refractivity contribution in [3.63, 3.8) is 0 Å². The van der Waals surface area contributed by atoms with Gasteiger partial charge in [0.25, 0.3) is 0 Å². The van der Waals surface area contributed by atoms with Crippen LogP contribution in [0.1, 0.15) is 24.0 Å². The second kappa shape index (κ2) is 7.78. The molecule has 3 rings (SSSR count). The van der Waals surface area contributed by atoms with E-state index in [9.17, 15) is 17.6 Å². The third-order valence-corrected chi connectivity index (χ3v) is 6.83. The van der Waals surface area contributed by atoms with Gasteiger partial charge < -0.3 is 5.32 Å². The van der Waals surface area contributed by atoms with Crippen LogP contribution in [0.2, 0.25) is 0 Å². The number of rotatable bonds is 4. The van der Waals surface area contributed by atoms with Crippen molar-refractivity contribution in [1.29, 1.82) is 0 Å². The van der Waals surface area contributed by atoms with Gasteiger partial charge in [0.05, 0.1) is 4.90 Å². The van der Waals surface area contributed by atoms with Gasteiger partial charge in [0.15, 0.2) is 0 Å². The molecule has 1 fully saturated rings. The summed E-state index contributed by atoms with van der Waals surface area (Å²) in [5.41, 5.74) is 2.91. The lowest BCUT2D eigenvalue weighted by atomic mass is 9.97. The van der Waals surface area contributed by atoms with E-state index in [0.29, 0.717) is 12.8 Å². The van der Waals surface area contributed by atoms with Crippen molar-refractivity contribution in [1.82, 2.24) is 4.31 Å². The number of halogens is 1. The van der Waals surface area contributed by atoms with Gasteiger partial charge >= 0.3 is 0 Å². The van der Waals surface area contributed by atoms with Crippen LogP contribution in [-0.2, 0) is 14.8 Å². The van der Waals surface area contributed by atoms with E-state index in [1.165, 1.54) is 16.4 Å². The van der Waals surface area contributed by atoms with Crippen LogP contribution in [-0.4, -0.2) is 31.7 Å². The van der Waals surface area contributed by atoms with Gasteiger partial charge in [0.1, 0.15) is 5.82 Å². The summed E-state index contributed by atoms with van der Waals surface area (Å²) in [5, 5.41) is 2.95. The molecule has 7 heteroatoms. The number of anilines is 1. The number of hydrogen-bond acceptors (Lipinski definition) is 3. The minimum absolute atomic E-state index is 0.0714. The van der Waals surface area contributed by atoms with Crippen LogP contribution in [0.4, 0.5) is 10.1 Å². The van der Waals surface area contributed by atoms with Crippen molar-refractivity contribution >= 4 is 21.6 Å². The maximum atomic E-state index is 13.0. The molecule has 0 radical (unpaired) electrons. The highest BCUT2D eigenvalue weighted by molar-refractivity contribution is 7.89. The molecule has 1 aliphatic rings. The zero-order chi connectivity index (χ0) is 19.6. The highest BCUT2D eigenvalue weighted by Crippen LogP contribution is 2.25. The minimum Gasteiger partial charge on any atom is -0.326 e. The quantitative estimate of drug-likeness (QED) is 0.869. The summed E-state index contributed by atoms with van der Waals surface area (Å²) in [6.07, 6.45) is 0.911. The third kappa shape index (κ3) is 4.36. The van der Waals surface area contributed by atoms with Crippen molar-refractivity contribution in [3.05, 3.63) is 59.4 Å². The lowest BCUT2D eigenvalue weighted by Crippen LogP contribution is -2.41. The van der Waals surface area contributed by atoms with E-state index in [1.54, 1.807) is 0 Å². The molecule has 0 bridgehead atoms. The first-order valence-corrected chi connectivity index (χ1v) is 10.4. The summed E-state index contributed by atoms with van der Waals surface area (Å²) in [7, 11) is -3.66. The van der Waals surface area contributed by atoms with E-state index in [4.69, 9.17) is 0 Å². The van der Waals surface area contributed by atoms with E-state index < -0.39 is 15.8 Å². The summed E-state index contributed by atoms with van der Waals surface area (Å²) >= 11 is 0. The molecule has 0 spiro atoms. The van der Waals surface area contributed by atoms with Gasteiger partial charge in [-0.15, -0.1) is 0 Å². The fraction of sp³-hybridized carbons (Fsp3) is 0.350. The highest BCUT2D eigenvalue weighted by Gasteiger charge is 2.32. The average molecular weight is 390 g/mol. The molecule has 27 heavy (non-hydrogen) atoms. The van der Waals surface area contributed by atoms with Crippen molar-refractivity contribution in [2.45, 2.75) is 31.6 Å². The van der Waals surface area contributed by atoms with Crippen LogP contribution in [0.25, 0.3) is 0 Å². The van der Waals surface area contributed by atoms with Crippen molar-refractivity contribution in [3.8, 4) is 0 Å². The van der Waals surface area contributed by atoms with E-state index in [2.05, 4.69) is 5.32 Å². The maximum absolute atomic E-state index is 13.0. The van der Waals surface area contributed by atoms with Gasteiger partial charge in [-0.2, -0.15) is 4.31 Å². The number of nitrogens with one attached hydrogen (secondary N) is 1. The first-order valence-electron chi connectivity index (χ1n) is 8.91. The Kier molecular flexibility index (Phi) is 5.62. The fourth-order valence-electron chi connectivity index (χ4n) is 3.30. The number of amides is 1. The highest BCUT2D eigenvalue weighted by atomic mass is 32.2. The van der Waals surface area contributed by atoms with Crippen LogP contribution in [0, 0.1) is 25.6 Å². The Morgan fingerprint density at radius 2 is 1.70 bits per heavy atom. The standard InChI is InChI=1S/C20H23FN2O3S/c1-14-3-8-19(15(2)13-14)22-20(24)16-9-11-23(12-10-16)27(25,26)18-6-4-17(21)5-7-18/h3-8,13,16H,9-12H2,1-2H3,(H,22,24). The zero-order valence-corrected chi connectivity index (χ0v) is 16.2. The SMILES string of the molecule is Cc1ccc(NC(=O)C2CCN(S(=O)(=O)c3ccc(F)cc3)CC2)c(C)c1. The summed E-state index contributed by atoms with van der Waals surface area (Å²) in [4.78, 5) is 12.6. The van der Waals surface area contributed by atoms with E-state index in [1.807, 2.05) is 32.0 Å². The zero-order valence-electron chi connectivity index (χ0n) is 15.4. The van der Waals surface area contributed by atoms with E-state index >= 15 is 0 Å². The lowest BCUT2D eigenvalue weighted by Gasteiger charge is -2.30. The number of carbonyl (C=O) groups is 1. The van der Waals surface area contributed by atoms with Gasteiger partial charge in [0, 0.05) is 24.7 Å². The van der Waals surface area contributed by atoms with Gasteiger partial charge in [0.2, 0.25) is 15.9 Å². The first kappa shape index (κ1) is 19.5. The molecular weight excluding hydrogens is 367 g/mol. The molecule has 0 atom stereocenters. The summed E-state index contributed by atoms with van der Waals surface area (Å²) in [6.45, 7) is 4.48. The molecule has 2 aromatic rings. The number of nitrogens with zero attached hydrogens (tertiary/aromatic N) is 1. The van der Waals surface area contributed by atoms with Crippen LogP contribution in [0.3, 0.4) is 0 Å². The molecule has 0 unspecified atom stereocenters. The first-order chi connectivity index (χ1) is 12.8. The number of aryl methyl sites for hydroxylation is 2. The molecule has 5 nitrogen and oxygen atoms in total. The molecule has 0 aliphatic carbocycles. The van der Waals surface area contributed by atoms with Crippen LogP contribution < -0.4 is 5.32 Å². The van der Waals surface area contributed by atoms with Gasteiger partial charge in [-0.05, 0) is 62.6 Å². The van der Waals surface area contributed by atoms with Gasteiger partial charge in [-0.1, -0.05) is 17.7 Å². The topological polar surface area (TPSA) is 66.5 Å². The summed E-state index contributed by atoms with van der Waals surface area (Å²) < 4.78 is 39.7. The Balaban J connectivity index is 1.62. The number of sulfonamides is 1. The molecule has 2 aromatic carbocycles. The Hall–Kier alpha value is -2.25. The van der Waals surface area contributed by atoms with Gasteiger partial charge in [-0.25, -0.2) is 12.8 Å². The molecule has 0 aromatic heterocycles. The molecule has 1 heterocycles. The Morgan fingerprint density at radius 1 is 1.07 bits per heavy atom. The predicted molar refractivity (Wildman–Crippen MR) is 102 cm³/mol. The molecular formula is C20H23FN2O3S. The molecule has 1 N–H and O–H groups in total. The molecule has 1 saturated heterocycles. The van der Waals surface area contributed by atoms with Crippen molar-refractivity contribution in [2.75, 3.05) is 18.4 Å². The molecule has 144 valence electrons. The summed E-state index contributed by atoms with van der Waals surface area (Å²) in [5.74, 6) is -0.790. The van der Waals surface area contributed by atoms with Crippen LogP contribution in [0.5, 0.6) is 0 Å². The van der Waals surface area contributed by atoms with Crippen LogP contribution >= 0.6 is 0 Å². The molecule has 0 saturated carbocycles. The largest absolute Gasteiger partial charge is 0.326 e. The fourth-order valence-corrected chi connectivity index (χ4v) is 4.77. The Bertz CT molecular complexity index is 934. The normalized spacial score (nSPS) is 16.3. The van der Waals surface area contributed by atoms with Crippen LogP contribution in [0.15, 0.2) is 47.4 Å². The maximum Gasteiger partial charge on any atom is 0.243 e. The summed E-state index contributed by atoms with van der Waals surface area (Å²) in [6, 6.07) is 10.6. The molecule has 1 amide bonds. The molecule has 1 aliphatic heterocycles. The minimum atomic E-state index is -3.66. The number of carbonyl (C=O) groups excluding carboxylic acids is 1. The Labute approximate surface area is 159 Å². The van der Waals surface area contributed by atoms with E-state index in [-0.39, 0.29) is 29.8 Å². The number of benzene rings is 2. The predicted octanol–water partition coefficient (Wildman–Crippen LogP) is 3.48. The lowest BCUT2D eigenvalue weighted by molar-refractivity contribution is -0.120. The van der Waals surface area contributed by atoms with Crippen molar-refractivity contribution in [2.24, 2.45) is 5.92 Å². The average Bonchev–Trinajstić information content (AvgIpc) is 2.64. The van der Waals surface area contributed by atoms with Gasteiger partial charge in [-0.3, -0.25) is 4.79 Å². The monoisotopic (exact) mass is 390 g/mol. The number of piperidine rings is 1. The second-order valence-electron chi connectivity index (χ2n) is 6.94. The Morgan fingerprint density at radius 3 is 2.30 bits per heavy atom. The second-order valence-corrected chi connectivity index (χ2v) is 8.88. The van der Waals surface area contributed by atoms with Crippen molar-refractivity contribution < 1.29 is 17.6 Å². The smallest absolute Gasteiger partial charge is 0.243 e.